The van der Waals surface area contributed by atoms with E-state index in [1.807, 2.05) is 30.3 Å². The maximum Gasteiger partial charge on any atom is 0.265 e. The Balaban J connectivity index is 2.20. The van der Waals surface area contributed by atoms with Crippen LogP contribution in [-0.2, 0) is 6.61 Å². The summed E-state index contributed by atoms with van der Waals surface area (Å²) in [5.74, 6) is 6.11. The van der Waals surface area contributed by atoms with Gasteiger partial charge < -0.3 is 4.74 Å². The van der Waals surface area contributed by atoms with E-state index in [0.717, 1.165) is 16.9 Å². The quantitative estimate of drug-likeness (QED) is 0.504. The van der Waals surface area contributed by atoms with Gasteiger partial charge in [0.15, 0.2) is 0 Å². The number of hydrazine groups is 1. The number of carbonyl (C=O) groups is 1. The van der Waals surface area contributed by atoms with E-state index < -0.39 is 0 Å². The standard InChI is InChI=1S/C17H20N2O2/c1-12(2)14-8-5-6-10-16(14)21-11-13-7-3-4-9-15(13)17(20)19-18/h3-10,12H,11,18H2,1-2H3,(H,19,20). The molecule has 4 nitrogen and oxygen atoms in total. The van der Waals surface area contributed by atoms with Gasteiger partial charge in [0.1, 0.15) is 12.4 Å². The van der Waals surface area contributed by atoms with Gasteiger partial charge in [0, 0.05) is 11.1 Å². The van der Waals surface area contributed by atoms with Crippen molar-refractivity contribution in [1.29, 1.82) is 0 Å². The van der Waals surface area contributed by atoms with Crippen LogP contribution < -0.4 is 16.0 Å². The summed E-state index contributed by atoms with van der Waals surface area (Å²) in [4.78, 5) is 11.7. The third-order valence-corrected chi connectivity index (χ3v) is 3.32. The van der Waals surface area contributed by atoms with Crippen molar-refractivity contribution >= 4 is 5.91 Å². The highest BCUT2D eigenvalue weighted by Crippen LogP contribution is 2.26. The molecule has 0 unspecified atom stereocenters. The van der Waals surface area contributed by atoms with Crippen LogP contribution in [0.2, 0.25) is 0 Å². The predicted octanol–water partition coefficient (Wildman–Crippen LogP) is 2.99. The van der Waals surface area contributed by atoms with Crippen LogP contribution in [0.1, 0.15) is 41.3 Å². The minimum atomic E-state index is -0.314. The molecule has 0 bridgehead atoms. The molecular weight excluding hydrogens is 264 g/mol. The molecule has 0 radical (unpaired) electrons. The van der Waals surface area contributed by atoms with Crippen molar-refractivity contribution in [2.24, 2.45) is 5.84 Å². The third kappa shape index (κ3) is 3.61. The van der Waals surface area contributed by atoms with Crippen LogP contribution in [0.3, 0.4) is 0 Å². The Bertz CT molecular complexity index is 624. The summed E-state index contributed by atoms with van der Waals surface area (Å²) < 4.78 is 5.90. The summed E-state index contributed by atoms with van der Waals surface area (Å²) in [6.07, 6.45) is 0. The minimum absolute atomic E-state index is 0.314. The maximum absolute atomic E-state index is 11.7. The number of ether oxygens (including phenoxy) is 1. The molecule has 3 N–H and O–H groups in total. The number of amides is 1. The van der Waals surface area contributed by atoms with Gasteiger partial charge in [0.25, 0.3) is 5.91 Å². The van der Waals surface area contributed by atoms with E-state index in [1.54, 1.807) is 12.1 Å². The summed E-state index contributed by atoms with van der Waals surface area (Å²) in [7, 11) is 0. The normalized spacial score (nSPS) is 10.5. The van der Waals surface area contributed by atoms with Crippen LogP contribution in [0.15, 0.2) is 48.5 Å². The minimum Gasteiger partial charge on any atom is -0.489 e. The molecule has 4 heteroatoms. The first-order valence-electron chi connectivity index (χ1n) is 6.94. The lowest BCUT2D eigenvalue weighted by Crippen LogP contribution is -2.30. The number of carbonyl (C=O) groups excluding carboxylic acids is 1. The SMILES string of the molecule is CC(C)c1ccccc1OCc1ccccc1C(=O)NN. The van der Waals surface area contributed by atoms with Gasteiger partial charge in [0.05, 0.1) is 0 Å². The van der Waals surface area contributed by atoms with Crippen LogP contribution in [0, 0.1) is 0 Å². The molecule has 2 aromatic rings. The molecule has 0 heterocycles. The average molecular weight is 284 g/mol. The van der Waals surface area contributed by atoms with E-state index in [2.05, 4.69) is 25.3 Å². The second kappa shape index (κ2) is 6.90. The molecule has 0 aliphatic rings. The fraction of sp³-hybridized carbons (Fsp3) is 0.235. The van der Waals surface area contributed by atoms with Crippen LogP contribution in [0.4, 0.5) is 0 Å². The number of nitrogens with two attached hydrogens (primary N) is 1. The van der Waals surface area contributed by atoms with E-state index in [-0.39, 0.29) is 5.91 Å². The zero-order chi connectivity index (χ0) is 15.2. The van der Waals surface area contributed by atoms with Crippen molar-refractivity contribution in [3.05, 3.63) is 65.2 Å². The number of hydrogen-bond acceptors (Lipinski definition) is 3. The largest absolute Gasteiger partial charge is 0.489 e. The number of benzene rings is 2. The Morgan fingerprint density at radius 1 is 1.14 bits per heavy atom. The lowest BCUT2D eigenvalue weighted by molar-refractivity contribution is 0.0951. The second-order valence-corrected chi connectivity index (χ2v) is 5.11. The Hall–Kier alpha value is -2.33. The van der Waals surface area contributed by atoms with Gasteiger partial charge in [-0.15, -0.1) is 0 Å². The zero-order valence-corrected chi connectivity index (χ0v) is 12.3. The Morgan fingerprint density at radius 3 is 2.52 bits per heavy atom. The van der Waals surface area contributed by atoms with Gasteiger partial charge in [-0.3, -0.25) is 10.2 Å². The van der Waals surface area contributed by atoms with Crippen LogP contribution in [0.5, 0.6) is 5.75 Å². The highest BCUT2D eigenvalue weighted by atomic mass is 16.5. The second-order valence-electron chi connectivity index (χ2n) is 5.11. The predicted molar refractivity (Wildman–Crippen MR) is 83.0 cm³/mol. The first kappa shape index (κ1) is 15.1. The van der Waals surface area contributed by atoms with Gasteiger partial charge in [-0.1, -0.05) is 50.2 Å². The lowest BCUT2D eigenvalue weighted by atomic mass is 10.0. The van der Waals surface area contributed by atoms with Crippen LogP contribution >= 0.6 is 0 Å². The van der Waals surface area contributed by atoms with E-state index >= 15 is 0 Å². The first-order valence-corrected chi connectivity index (χ1v) is 6.94. The smallest absolute Gasteiger partial charge is 0.265 e. The molecule has 2 aromatic carbocycles. The zero-order valence-electron chi connectivity index (χ0n) is 12.3. The van der Waals surface area contributed by atoms with Gasteiger partial charge in [-0.2, -0.15) is 0 Å². The number of nitrogen functional groups attached to an aromatic ring is 1. The molecule has 0 aliphatic heterocycles. The van der Waals surface area contributed by atoms with Crippen molar-refractivity contribution in [2.75, 3.05) is 0 Å². The van der Waals surface area contributed by atoms with Crippen molar-refractivity contribution in [2.45, 2.75) is 26.4 Å². The molecule has 21 heavy (non-hydrogen) atoms. The van der Waals surface area contributed by atoms with Crippen molar-refractivity contribution in [1.82, 2.24) is 5.43 Å². The highest BCUT2D eigenvalue weighted by molar-refractivity contribution is 5.95. The van der Waals surface area contributed by atoms with Crippen molar-refractivity contribution < 1.29 is 9.53 Å². The molecule has 0 saturated carbocycles. The number of rotatable bonds is 5. The van der Waals surface area contributed by atoms with Gasteiger partial charge >= 0.3 is 0 Å². The molecule has 1 amide bonds. The maximum atomic E-state index is 11.7. The molecule has 0 fully saturated rings. The molecule has 0 aromatic heterocycles. The molecule has 0 saturated heterocycles. The topological polar surface area (TPSA) is 64.3 Å². The van der Waals surface area contributed by atoms with E-state index in [9.17, 15) is 4.79 Å². The fourth-order valence-corrected chi connectivity index (χ4v) is 2.19. The summed E-state index contributed by atoms with van der Waals surface area (Å²) in [5.41, 5.74) is 4.64. The van der Waals surface area contributed by atoms with Gasteiger partial charge in [0.2, 0.25) is 0 Å². The molecule has 0 aliphatic carbocycles. The number of hydrogen-bond donors (Lipinski definition) is 2. The number of nitrogens with one attached hydrogen (secondary N) is 1. The summed E-state index contributed by atoms with van der Waals surface area (Å²) >= 11 is 0. The first-order chi connectivity index (χ1) is 10.1. The Labute approximate surface area is 124 Å². The molecule has 0 spiro atoms. The summed E-state index contributed by atoms with van der Waals surface area (Å²) in [5, 5.41) is 0. The fourth-order valence-electron chi connectivity index (χ4n) is 2.19. The van der Waals surface area contributed by atoms with E-state index in [0.29, 0.717) is 18.1 Å². The number of para-hydroxylation sites is 1. The monoisotopic (exact) mass is 284 g/mol. The Morgan fingerprint density at radius 2 is 1.81 bits per heavy atom. The van der Waals surface area contributed by atoms with Crippen LogP contribution in [-0.4, -0.2) is 5.91 Å². The molecule has 2 rings (SSSR count). The Kier molecular flexibility index (Phi) is 4.95. The molecular formula is C17H20N2O2. The third-order valence-electron chi connectivity index (χ3n) is 3.32. The van der Waals surface area contributed by atoms with Crippen molar-refractivity contribution in [3.8, 4) is 5.75 Å². The average Bonchev–Trinajstić information content (AvgIpc) is 2.52. The van der Waals surface area contributed by atoms with Crippen molar-refractivity contribution in [3.63, 3.8) is 0 Å². The van der Waals surface area contributed by atoms with Crippen LogP contribution in [0.25, 0.3) is 0 Å². The van der Waals surface area contributed by atoms with Gasteiger partial charge in [-0.05, 0) is 23.6 Å². The lowest BCUT2D eigenvalue weighted by Gasteiger charge is -2.15. The summed E-state index contributed by atoms with van der Waals surface area (Å²) in [6, 6.07) is 15.2. The summed E-state index contributed by atoms with van der Waals surface area (Å²) in [6.45, 7) is 4.57. The molecule has 110 valence electrons. The van der Waals surface area contributed by atoms with Gasteiger partial charge in [-0.25, -0.2) is 5.84 Å². The van der Waals surface area contributed by atoms with E-state index in [4.69, 9.17) is 10.6 Å². The molecule has 0 atom stereocenters. The van der Waals surface area contributed by atoms with E-state index in [1.165, 1.54) is 0 Å². The highest BCUT2D eigenvalue weighted by Gasteiger charge is 2.11.